The fourth-order valence-electron chi connectivity index (χ4n) is 3.48. The maximum Gasteiger partial charge on any atom is 0.205 e. The Labute approximate surface area is 126 Å². The fraction of sp³-hybridized carbons (Fsp3) is 0.867. The van der Waals surface area contributed by atoms with Crippen molar-refractivity contribution in [3.05, 3.63) is 5.82 Å². The molecule has 1 aromatic heterocycles. The summed E-state index contributed by atoms with van der Waals surface area (Å²) in [5.74, 6) is 1.66. The van der Waals surface area contributed by atoms with Crippen LogP contribution in [0.15, 0.2) is 0 Å². The Morgan fingerprint density at radius 1 is 1.35 bits per heavy atom. The Kier molecular flexibility index (Phi) is 4.26. The molecule has 112 valence electrons. The van der Waals surface area contributed by atoms with Crippen LogP contribution in [0.3, 0.4) is 0 Å². The second-order valence-corrected chi connectivity index (χ2v) is 7.33. The first-order valence-electron chi connectivity index (χ1n) is 8.00. The van der Waals surface area contributed by atoms with E-state index in [-0.39, 0.29) is 0 Å². The third-order valence-electron chi connectivity index (χ3n) is 4.56. The number of nitrogens with zero attached hydrogens (tertiary/aromatic N) is 4. The van der Waals surface area contributed by atoms with Crippen molar-refractivity contribution in [1.29, 1.82) is 0 Å². The molecule has 5 heteroatoms. The summed E-state index contributed by atoms with van der Waals surface area (Å²) in [6.45, 7) is 10.4. The van der Waals surface area contributed by atoms with E-state index >= 15 is 0 Å². The average Bonchev–Trinajstić information content (AvgIpc) is 3.04. The first kappa shape index (κ1) is 14.3. The van der Waals surface area contributed by atoms with Gasteiger partial charge in [0.05, 0.1) is 0 Å². The first-order chi connectivity index (χ1) is 9.67. The molecule has 0 aliphatic carbocycles. The summed E-state index contributed by atoms with van der Waals surface area (Å²) >= 11 is 1.60. The summed E-state index contributed by atoms with van der Waals surface area (Å²) in [6.07, 6.45) is 4.91. The highest BCUT2D eigenvalue weighted by Gasteiger charge is 2.36. The van der Waals surface area contributed by atoms with Crippen molar-refractivity contribution in [3.63, 3.8) is 0 Å². The van der Waals surface area contributed by atoms with Crippen LogP contribution in [-0.4, -0.2) is 46.0 Å². The summed E-state index contributed by atoms with van der Waals surface area (Å²) < 4.78 is 4.56. The van der Waals surface area contributed by atoms with Crippen LogP contribution in [0.4, 0.5) is 5.13 Å². The lowest BCUT2D eigenvalue weighted by atomic mass is 10.1. The van der Waals surface area contributed by atoms with Crippen molar-refractivity contribution >= 4 is 16.7 Å². The van der Waals surface area contributed by atoms with Gasteiger partial charge in [0.15, 0.2) is 0 Å². The highest BCUT2D eigenvalue weighted by molar-refractivity contribution is 7.09. The molecular formula is C15H26N4S. The molecule has 2 atom stereocenters. The number of piperazine rings is 1. The van der Waals surface area contributed by atoms with E-state index in [1.54, 1.807) is 11.5 Å². The number of hydrogen-bond donors (Lipinski definition) is 0. The smallest absolute Gasteiger partial charge is 0.205 e. The zero-order valence-electron chi connectivity index (χ0n) is 12.9. The number of anilines is 1. The fourth-order valence-corrected chi connectivity index (χ4v) is 4.26. The Hall–Kier alpha value is -0.680. The van der Waals surface area contributed by atoms with Crippen LogP contribution in [0.1, 0.15) is 45.9 Å². The van der Waals surface area contributed by atoms with E-state index in [2.05, 4.69) is 34.9 Å². The molecule has 3 heterocycles. The van der Waals surface area contributed by atoms with Crippen LogP contribution >= 0.6 is 11.5 Å². The van der Waals surface area contributed by atoms with Gasteiger partial charge in [-0.15, -0.1) is 0 Å². The van der Waals surface area contributed by atoms with Crippen molar-refractivity contribution in [2.75, 3.05) is 24.5 Å². The lowest BCUT2D eigenvalue weighted by molar-refractivity contribution is 0.194. The largest absolute Gasteiger partial charge is 0.341 e. The molecule has 0 spiro atoms. The molecule has 0 N–H and O–H groups in total. The second kappa shape index (κ2) is 5.98. The van der Waals surface area contributed by atoms with Crippen LogP contribution < -0.4 is 4.90 Å². The van der Waals surface area contributed by atoms with Gasteiger partial charge in [0.1, 0.15) is 5.82 Å². The Bertz CT molecular complexity index is 445. The second-order valence-electron chi connectivity index (χ2n) is 6.60. The van der Waals surface area contributed by atoms with Crippen LogP contribution in [0, 0.1) is 5.92 Å². The lowest BCUT2D eigenvalue weighted by Crippen LogP contribution is -2.56. The minimum absolute atomic E-state index is 0.615. The minimum Gasteiger partial charge on any atom is -0.341 e. The molecular weight excluding hydrogens is 268 g/mol. The van der Waals surface area contributed by atoms with Gasteiger partial charge < -0.3 is 4.90 Å². The van der Waals surface area contributed by atoms with Crippen molar-refractivity contribution in [2.24, 2.45) is 5.92 Å². The molecule has 2 aliphatic heterocycles. The SMILES string of the molecule is CCC1CN2CCCC2CN1c1nc(CC(C)C)ns1. The summed E-state index contributed by atoms with van der Waals surface area (Å²) in [5, 5.41) is 1.15. The minimum atomic E-state index is 0.615. The molecule has 3 rings (SSSR count). The molecule has 0 bridgehead atoms. The number of fused-ring (bicyclic) bond motifs is 1. The maximum atomic E-state index is 4.80. The van der Waals surface area contributed by atoms with E-state index in [1.165, 1.54) is 32.4 Å². The summed E-state index contributed by atoms with van der Waals surface area (Å²) in [7, 11) is 0. The zero-order valence-corrected chi connectivity index (χ0v) is 13.7. The maximum absolute atomic E-state index is 4.80. The Balaban J connectivity index is 1.75. The van der Waals surface area contributed by atoms with Gasteiger partial charge >= 0.3 is 0 Å². The third kappa shape index (κ3) is 2.84. The summed E-state index contributed by atoms with van der Waals surface area (Å²) in [4.78, 5) is 10.0. The van der Waals surface area contributed by atoms with Gasteiger partial charge in [-0.3, -0.25) is 4.90 Å². The standard InChI is InChI=1S/C15H26N4S/c1-4-12-9-18-7-5-6-13(18)10-19(12)15-16-14(17-20-15)8-11(2)3/h11-13H,4-10H2,1-3H3. The van der Waals surface area contributed by atoms with E-state index in [4.69, 9.17) is 4.98 Å². The molecule has 2 unspecified atom stereocenters. The number of aromatic nitrogens is 2. The highest BCUT2D eigenvalue weighted by atomic mass is 32.1. The molecule has 4 nitrogen and oxygen atoms in total. The van der Waals surface area contributed by atoms with Gasteiger partial charge in [-0.25, -0.2) is 4.98 Å². The Morgan fingerprint density at radius 2 is 2.20 bits per heavy atom. The molecule has 20 heavy (non-hydrogen) atoms. The Morgan fingerprint density at radius 3 is 2.95 bits per heavy atom. The lowest BCUT2D eigenvalue weighted by Gasteiger charge is -2.43. The monoisotopic (exact) mass is 294 g/mol. The van der Waals surface area contributed by atoms with Crippen LogP contribution in [0.5, 0.6) is 0 Å². The molecule has 2 saturated heterocycles. The quantitative estimate of drug-likeness (QED) is 0.855. The molecule has 0 aromatic carbocycles. The highest BCUT2D eigenvalue weighted by Crippen LogP contribution is 2.30. The van der Waals surface area contributed by atoms with E-state index in [9.17, 15) is 0 Å². The number of hydrogen-bond acceptors (Lipinski definition) is 5. The predicted molar refractivity (Wildman–Crippen MR) is 84.5 cm³/mol. The first-order valence-corrected chi connectivity index (χ1v) is 8.78. The van der Waals surface area contributed by atoms with Gasteiger partial charge in [0.2, 0.25) is 5.13 Å². The summed E-state index contributed by atoms with van der Waals surface area (Å²) in [6, 6.07) is 1.36. The predicted octanol–water partition coefficient (Wildman–Crippen LogP) is 2.80. The molecule has 1 aromatic rings. The average molecular weight is 294 g/mol. The van der Waals surface area contributed by atoms with Gasteiger partial charge in [0.25, 0.3) is 0 Å². The van der Waals surface area contributed by atoms with E-state index in [0.717, 1.165) is 30.0 Å². The topological polar surface area (TPSA) is 32.3 Å². The number of rotatable bonds is 4. The van der Waals surface area contributed by atoms with Crippen molar-refractivity contribution in [2.45, 2.75) is 58.5 Å². The van der Waals surface area contributed by atoms with Crippen molar-refractivity contribution < 1.29 is 0 Å². The van der Waals surface area contributed by atoms with E-state index in [0.29, 0.717) is 12.0 Å². The molecule has 0 saturated carbocycles. The molecule has 0 radical (unpaired) electrons. The molecule has 2 fully saturated rings. The molecule has 2 aliphatic rings. The van der Waals surface area contributed by atoms with E-state index in [1.807, 2.05) is 0 Å². The van der Waals surface area contributed by atoms with Crippen LogP contribution in [0.25, 0.3) is 0 Å². The summed E-state index contributed by atoms with van der Waals surface area (Å²) in [5.41, 5.74) is 0. The third-order valence-corrected chi connectivity index (χ3v) is 5.35. The van der Waals surface area contributed by atoms with Gasteiger partial charge in [-0.1, -0.05) is 20.8 Å². The van der Waals surface area contributed by atoms with Gasteiger partial charge in [-0.2, -0.15) is 4.37 Å². The van der Waals surface area contributed by atoms with Crippen molar-refractivity contribution in [3.8, 4) is 0 Å². The zero-order chi connectivity index (χ0) is 14.1. The molecule has 0 amide bonds. The van der Waals surface area contributed by atoms with Gasteiger partial charge in [0, 0.05) is 43.1 Å². The van der Waals surface area contributed by atoms with Crippen molar-refractivity contribution in [1.82, 2.24) is 14.3 Å². The van der Waals surface area contributed by atoms with Gasteiger partial charge in [-0.05, 0) is 31.7 Å². The normalized spacial score (nSPS) is 27.3. The van der Waals surface area contributed by atoms with E-state index < -0.39 is 0 Å². The van der Waals surface area contributed by atoms with Crippen LogP contribution in [-0.2, 0) is 6.42 Å². The van der Waals surface area contributed by atoms with Crippen LogP contribution in [0.2, 0.25) is 0 Å².